The Hall–Kier alpha value is -3.13. The molecule has 0 saturated carbocycles. The van der Waals surface area contributed by atoms with E-state index in [1.165, 1.54) is 7.11 Å². The summed E-state index contributed by atoms with van der Waals surface area (Å²) in [4.78, 5) is 23.3. The molecule has 2 aromatic rings. The molecule has 5 nitrogen and oxygen atoms in total. The molecule has 2 rings (SSSR count). The van der Waals surface area contributed by atoms with Crippen LogP contribution in [-0.2, 0) is 16.0 Å². The van der Waals surface area contributed by atoms with Crippen LogP contribution < -0.4 is 5.32 Å². The molecular weight excluding hydrogens is 280 g/mol. The number of benzene rings is 2. The lowest BCUT2D eigenvalue weighted by atomic mass is 10.1. The van der Waals surface area contributed by atoms with E-state index in [-0.39, 0.29) is 12.3 Å². The van der Waals surface area contributed by atoms with Gasteiger partial charge in [0.1, 0.15) is 0 Å². The highest BCUT2D eigenvalue weighted by Crippen LogP contribution is 2.13. The molecule has 5 heteroatoms. The van der Waals surface area contributed by atoms with Gasteiger partial charge in [-0.1, -0.05) is 18.2 Å². The number of hydrogen-bond donors (Lipinski definition) is 1. The molecule has 0 atom stereocenters. The molecule has 0 fully saturated rings. The molecule has 0 radical (unpaired) electrons. The highest BCUT2D eigenvalue weighted by atomic mass is 16.5. The minimum atomic E-state index is -0.430. The Morgan fingerprint density at radius 1 is 1.14 bits per heavy atom. The van der Waals surface area contributed by atoms with Gasteiger partial charge in [0, 0.05) is 5.69 Å². The molecule has 0 aliphatic rings. The average molecular weight is 294 g/mol. The van der Waals surface area contributed by atoms with Crippen LogP contribution >= 0.6 is 0 Å². The summed E-state index contributed by atoms with van der Waals surface area (Å²) >= 11 is 0. The first-order valence-electron chi connectivity index (χ1n) is 6.60. The SMILES string of the molecule is COC(=O)c1ccc(NC(=O)Cc2ccccc2C#N)cc1. The van der Waals surface area contributed by atoms with Gasteiger partial charge in [-0.05, 0) is 35.9 Å². The van der Waals surface area contributed by atoms with Gasteiger partial charge >= 0.3 is 5.97 Å². The van der Waals surface area contributed by atoms with Crippen molar-refractivity contribution in [2.45, 2.75) is 6.42 Å². The van der Waals surface area contributed by atoms with E-state index in [0.29, 0.717) is 22.4 Å². The van der Waals surface area contributed by atoms with Gasteiger partial charge in [-0.25, -0.2) is 4.79 Å². The van der Waals surface area contributed by atoms with E-state index in [1.54, 1.807) is 48.5 Å². The monoisotopic (exact) mass is 294 g/mol. The summed E-state index contributed by atoms with van der Waals surface area (Å²) in [7, 11) is 1.31. The van der Waals surface area contributed by atoms with Gasteiger partial charge in [-0.15, -0.1) is 0 Å². The molecule has 0 aliphatic heterocycles. The third-order valence-electron chi connectivity index (χ3n) is 3.08. The molecule has 1 N–H and O–H groups in total. The second kappa shape index (κ2) is 7.04. The third-order valence-corrected chi connectivity index (χ3v) is 3.08. The Bertz CT molecular complexity index is 730. The Labute approximate surface area is 128 Å². The molecule has 0 aliphatic carbocycles. The number of carbonyl (C=O) groups excluding carboxylic acids is 2. The Balaban J connectivity index is 2.03. The number of hydrogen-bond acceptors (Lipinski definition) is 4. The molecular formula is C17H14N2O3. The number of nitrogens with zero attached hydrogens (tertiary/aromatic N) is 1. The fraction of sp³-hybridized carbons (Fsp3) is 0.118. The number of rotatable bonds is 4. The number of nitrogens with one attached hydrogen (secondary N) is 1. The van der Waals surface area contributed by atoms with E-state index in [2.05, 4.69) is 16.1 Å². The van der Waals surface area contributed by atoms with Crippen molar-refractivity contribution in [1.82, 2.24) is 0 Å². The molecule has 0 bridgehead atoms. The lowest BCUT2D eigenvalue weighted by Crippen LogP contribution is -2.15. The maximum Gasteiger partial charge on any atom is 0.337 e. The molecule has 0 heterocycles. The van der Waals surface area contributed by atoms with Crippen molar-refractivity contribution in [3.63, 3.8) is 0 Å². The second-order valence-electron chi connectivity index (χ2n) is 4.56. The van der Waals surface area contributed by atoms with E-state index in [0.717, 1.165) is 0 Å². The fourth-order valence-corrected chi connectivity index (χ4v) is 1.97. The first-order chi connectivity index (χ1) is 10.6. The van der Waals surface area contributed by atoms with Crippen LogP contribution in [0.2, 0.25) is 0 Å². The lowest BCUT2D eigenvalue weighted by molar-refractivity contribution is -0.115. The molecule has 110 valence electrons. The highest BCUT2D eigenvalue weighted by molar-refractivity contribution is 5.94. The maximum absolute atomic E-state index is 12.0. The zero-order valence-corrected chi connectivity index (χ0v) is 12.0. The lowest BCUT2D eigenvalue weighted by Gasteiger charge is -2.07. The number of esters is 1. The van der Waals surface area contributed by atoms with Crippen LogP contribution in [0.15, 0.2) is 48.5 Å². The summed E-state index contributed by atoms with van der Waals surface area (Å²) in [5.41, 5.74) is 2.15. The van der Waals surface area contributed by atoms with Crippen LogP contribution in [0.1, 0.15) is 21.5 Å². The van der Waals surface area contributed by atoms with Crippen LogP contribution in [0.25, 0.3) is 0 Å². The van der Waals surface area contributed by atoms with E-state index in [1.807, 2.05) is 0 Å². The Morgan fingerprint density at radius 3 is 2.45 bits per heavy atom. The zero-order chi connectivity index (χ0) is 15.9. The predicted octanol–water partition coefficient (Wildman–Crippen LogP) is 2.53. The van der Waals surface area contributed by atoms with Gasteiger partial charge in [0.15, 0.2) is 0 Å². The van der Waals surface area contributed by atoms with Gasteiger partial charge in [-0.2, -0.15) is 5.26 Å². The zero-order valence-electron chi connectivity index (χ0n) is 12.0. The normalized spacial score (nSPS) is 9.64. The Morgan fingerprint density at radius 2 is 1.82 bits per heavy atom. The smallest absolute Gasteiger partial charge is 0.337 e. The van der Waals surface area contributed by atoms with Crippen molar-refractivity contribution < 1.29 is 14.3 Å². The number of anilines is 1. The maximum atomic E-state index is 12.0. The van der Waals surface area contributed by atoms with Crippen molar-refractivity contribution >= 4 is 17.6 Å². The van der Waals surface area contributed by atoms with E-state index < -0.39 is 5.97 Å². The molecule has 2 aromatic carbocycles. The number of amides is 1. The van der Waals surface area contributed by atoms with E-state index in [9.17, 15) is 9.59 Å². The molecule has 0 unspecified atom stereocenters. The molecule has 0 aromatic heterocycles. The first-order valence-corrected chi connectivity index (χ1v) is 6.60. The van der Waals surface area contributed by atoms with Gasteiger partial charge in [0.25, 0.3) is 0 Å². The van der Waals surface area contributed by atoms with Gasteiger partial charge in [-0.3, -0.25) is 4.79 Å². The quantitative estimate of drug-likeness (QED) is 0.879. The summed E-state index contributed by atoms with van der Waals surface area (Å²) in [5, 5.41) is 11.7. The number of nitriles is 1. The van der Waals surface area contributed by atoms with Crippen molar-refractivity contribution in [2.24, 2.45) is 0 Å². The fourth-order valence-electron chi connectivity index (χ4n) is 1.97. The van der Waals surface area contributed by atoms with Gasteiger partial charge in [0.05, 0.1) is 30.7 Å². The standard InChI is InChI=1S/C17H14N2O3/c1-22-17(21)12-6-8-15(9-7-12)19-16(20)10-13-4-2-3-5-14(13)11-18/h2-9H,10H2,1H3,(H,19,20). The summed E-state index contributed by atoms with van der Waals surface area (Å²) in [6, 6.07) is 15.4. The van der Waals surface area contributed by atoms with Gasteiger partial charge < -0.3 is 10.1 Å². The summed E-state index contributed by atoms with van der Waals surface area (Å²) < 4.78 is 4.60. The van der Waals surface area contributed by atoms with Crippen molar-refractivity contribution in [1.29, 1.82) is 5.26 Å². The minimum absolute atomic E-state index is 0.114. The van der Waals surface area contributed by atoms with Crippen LogP contribution in [0.3, 0.4) is 0 Å². The summed E-state index contributed by atoms with van der Waals surface area (Å²) in [5.74, 6) is -0.658. The molecule has 22 heavy (non-hydrogen) atoms. The highest BCUT2D eigenvalue weighted by Gasteiger charge is 2.09. The van der Waals surface area contributed by atoms with Crippen molar-refractivity contribution in [2.75, 3.05) is 12.4 Å². The van der Waals surface area contributed by atoms with Crippen LogP contribution in [-0.4, -0.2) is 19.0 Å². The average Bonchev–Trinajstić information content (AvgIpc) is 2.55. The van der Waals surface area contributed by atoms with Crippen LogP contribution in [0, 0.1) is 11.3 Å². The van der Waals surface area contributed by atoms with Gasteiger partial charge in [0.2, 0.25) is 5.91 Å². The van der Waals surface area contributed by atoms with E-state index in [4.69, 9.17) is 5.26 Å². The van der Waals surface area contributed by atoms with Crippen molar-refractivity contribution in [3.8, 4) is 6.07 Å². The van der Waals surface area contributed by atoms with Crippen molar-refractivity contribution in [3.05, 3.63) is 65.2 Å². The summed E-state index contributed by atoms with van der Waals surface area (Å²) in [6.07, 6.45) is 0.114. The number of methoxy groups -OCH3 is 1. The summed E-state index contributed by atoms with van der Waals surface area (Å²) in [6.45, 7) is 0. The topological polar surface area (TPSA) is 79.2 Å². The molecule has 0 saturated heterocycles. The third kappa shape index (κ3) is 3.70. The van der Waals surface area contributed by atoms with E-state index >= 15 is 0 Å². The largest absolute Gasteiger partial charge is 0.465 e. The molecule has 1 amide bonds. The molecule has 0 spiro atoms. The minimum Gasteiger partial charge on any atom is -0.465 e. The first kappa shape index (κ1) is 15.3. The van der Waals surface area contributed by atoms with Crippen LogP contribution in [0.5, 0.6) is 0 Å². The Kier molecular flexibility index (Phi) is 4.89. The van der Waals surface area contributed by atoms with Crippen LogP contribution in [0.4, 0.5) is 5.69 Å². The number of carbonyl (C=O) groups is 2. The predicted molar refractivity (Wildman–Crippen MR) is 81.3 cm³/mol. The number of ether oxygens (including phenoxy) is 1. The second-order valence-corrected chi connectivity index (χ2v) is 4.56.